The first-order valence-electron chi connectivity index (χ1n) is 6.15. The summed E-state index contributed by atoms with van der Waals surface area (Å²) in [6, 6.07) is 9.13. The Hall–Kier alpha value is -1.43. The number of fused-ring (bicyclic) bond motifs is 1. The second kappa shape index (κ2) is 5.75. The topological polar surface area (TPSA) is 42.0 Å². The van der Waals surface area contributed by atoms with Gasteiger partial charge in [-0.1, -0.05) is 33.6 Å². The number of aromatic nitrogens is 1. The Bertz CT molecular complexity index is 847. The highest BCUT2D eigenvalue weighted by Gasteiger charge is 2.14. The van der Waals surface area contributed by atoms with Crippen molar-refractivity contribution < 1.29 is 4.79 Å². The van der Waals surface area contributed by atoms with Crippen LogP contribution in [-0.4, -0.2) is 10.9 Å². The van der Waals surface area contributed by atoms with Gasteiger partial charge in [-0.3, -0.25) is 4.79 Å². The SMILES string of the molecule is Cc1ccc(C(=O)Nc2c(Cl)ccc3scnc23)cc1Br. The van der Waals surface area contributed by atoms with Crippen LogP contribution in [0.25, 0.3) is 10.2 Å². The maximum atomic E-state index is 12.4. The first-order valence-corrected chi connectivity index (χ1v) is 8.20. The molecule has 3 aromatic rings. The lowest BCUT2D eigenvalue weighted by molar-refractivity contribution is 0.102. The van der Waals surface area contributed by atoms with E-state index in [4.69, 9.17) is 11.6 Å². The Labute approximate surface area is 139 Å². The van der Waals surface area contributed by atoms with Gasteiger partial charge < -0.3 is 5.32 Å². The molecule has 0 aliphatic heterocycles. The van der Waals surface area contributed by atoms with Crippen molar-refractivity contribution >= 4 is 60.7 Å². The number of nitrogens with zero attached hydrogens (tertiary/aromatic N) is 1. The van der Waals surface area contributed by atoms with E-state index in [1.54, 1.807) is 23.7 Å². The maximum absolute atomic E-state index is 12.4. The summed E-state index contributed by atoms with van der Waals surface area (Å²) in [5.41, 5.74) is 4.64. The van der Waals surface area contributed by atoms with E-state index in [0.29, 0.717) is 21.8 Å². The Morgan fingerprint density at radius 3 is 2.90 bits per heavy atom. The highest BCUT2D eigenvalue weighted by atomic mass is 79.9. The summed E-state index contributed by atoms with van der Waals surface area (Å²) in [6.45, 7) is 1.97. The van der Waals surface area contributed by atoms with Crippen LogP contribution in [0.1, 0.15) is 15.9 Å². The zero-order valence-electron chi connectivity index (χ0n) is 11.0. The molecule has 3 rings (SSSR count). The molecule has 0 aliphatic rings. The van der Waals surface area contributed by atoms with Gasteiger partial charge in [0.15, 0.2) is 0 Å². The third-order valence-corrected chi connectivity index (χ3v) is 5.09. The van der Waals surface area contributed by atoms with Gasteiger partial charge in [0.1, 0.15) is 5.52 Å². The van der Waals surface area contributed by atoms with Gasteiger partial charge in [-0.2, -0.15) is 0 Å². The molecular weight excluding hydrogens is 372 g/mol. The van der Waals surface area contributed by atoms with Crippen LogP contribution >= 0.6 is 38.9 Å². The molecule has 0 fully saturated rings. The quantitative estimate of drug-likeness (QED) is 0.657. The Morgan fingerprint density at radius 1 is 1.33 bits per heavy atom. The fourth-order valence-corrected chi connectivity index (χ4v) is 3.21. The summed E-state index contributed by atoms with van der Waals surface area (Å²) in [5, 5.41) is 3.33. The predicted molar refractivity (Wildman–Crippen MR) is 91.5 cm³/mol. The molecule has 0 atom stereocenters. The van der Waals surface area contributed by atoms with Gasteiger partial charge in [-0.15, -0.1) is 11.3 Å². The number of rotatable bonds is 2. The fraction of sp³-hybridized carbons (Fsp3) is 0.0667. The van der Waals surface area contributed by atoms with Crippen LogP contribution in [0.4, 0.5) is 5.69 Å². The lowest BCUT2D eigenvalue weighted by atomic mass is 10.1. The van der Waals surface area contributed by atoms with Crippen LogP contribution in [0.5, 0.6) is 0 Å². The largest absolute Gasteiger partial charge is 0.319 e. The number of nitrogens with one attached hydrogen (secondary N) is 1. The summed E-state index contributed by atoms with van der Waals surface area (Å²) < 4.78 is 1.88. The molecule has 106 valence electrons. The summed E-state index contributed by atoms with van der Waals surface area (Å²) in [5.74, 6) is -0.210. The Balaban J connectivity index is 1.98. The number of halogens is 2. The van der Waals surface area contributed by atoms with Crippen molar-refractivity contribution in [3.8, 4) is 0 Å². The minimum atomic E-state index is -0.210. The van der Waals surface area contributed by atoms with E-state index in [1.165, 1.54) is 11.3 Å². The molecule has 0 aliphatic carbocycles. The normalized spacial score (nSPS) is 10.8. The molecule has 0 bridgehead atoms. The van der Waals surface area contributed by atoms with Crippen molar-refractivity contribution in [2.24, 2.45) is 0 Å². The van der Waals surface area contributed by atoms with Crippen molar-refractivity contribution in [3.63, 3.8) is 0 Å². The molecule has 6 heteroatoms. The molecule has 2 aromatic carbocycles. The van der Waals surface area contributed by atoms with Gasteiger partial charge in [-0.05, 0) is 36.8 Å². The van der Waals surface area contributed by atoms with E-state index in [1.807, 2.05) is 19.1 Å². The zero-order valence-corrected chi connectivity index (χ0v) is 14.1. The first-order chi connectivity index (χ1) is 10.1. The summed E-state index contributed by atoms with van der Waals surface area (Å²) >= 11 is 11.1. The first kappa shape index (κ1) is 14.5. The standard InChI is InChI=1S/C15H10BrClN2OS/c1-8-2-3-9(6-10(8)16)15(20)19-13-11(17)4-5-12-14(13)18-7-21-12/h2-7H,1H3,(H,19,20). The number of benzene rings is 2. The van der Waals surface area contributed by atoms with Crippen LogP contribution in [0.15, 0.2) is 40.3 Å². The highest BCUT2D eigenvalue weighted by Crippen LogP contribution is 2.32. The number of anilines is 1. The number of carbonyl (C=O) groups is 1. The monoisotopic (exact) mass is 380 g/mol. The number of carbonyl (C=O) groups excluding carboxylic acids is 1. The predicted octanol–water partition coefficient (Wildman–Crippen LogP) is 5.27. The molecule has 0 saturated heterocycles. The molecule has 0 unspecified atom stereocenters. The van der Waals surface area contributed by atoms with Crippen molar-refractivity contribution in [1.29, 1.82) is 0 Å². The van der Waals surface area contributed by atoms with Gasteiger partial charge in [0, 0.05) is 10.0 Å². The molecule has 21 heavy (non-hydrogen) atoms. The van der Waals surface area contributed by atoms with Gasteiger partial charge >= 0.3 is 0 Å². The van der Waals surface area contributed by atoms with Crippen LogP contribution < -0.4 is 5.32 Å². The second-order valence-electron chi connectivity index (χ2n) is 4.54. The summed E-state index contributed by atoms with van der Waals surface area (Å²) in [4.78, 5) is 16.6. The van der Waals surface area contributed by atoms with Crippen LogP contribution in [-0.2, 0) is 0 Å². The molecule has 3 nitrogen and oxygen atoms in total. The Morgan fingerprint density at radius 2 is 2.14 bits per heavy atom. The summed E-state index contributed by atoms with van der Waals surface area (Å²) in [7, 11) is 0. The van der Waals surface area contributed by atoms with E-state index < -0.39 is 0 Å². The molecule has 1 heterocycles. The molecule has 1 amide bonds. The lowest BCUT2D eigenvalue weighted by Gasteiger charge is -2.09. The van der Waals surface area contributed by atoms with Crippen LogP contribution in [0.3, 0.4) is 0 Å². The molecule has 0 saturated carbocycles. The highest BCUT2D eigenvalue weighted by molar-refractivity contribution is 9.10. The minimum Gasteiger partial charge on any atom is -0.319 e. The number of amides is 1. The van der Waals surface area contributed by atoms with Gasteiger partial charge in [0.05, 0.1) is 20.9 Å². The summed E-state index contributed by atoms with van der Waals surface area (Å²) in [6.07, 6.45) is 0. The van der Waals surface area contributed by atoms with Crippen LogP contribution in [0, 0.1) is 6.92 Å². The van der Waals surface area contributed by atoms with E-state index in [9.17, 15) is 4.79 Å². The average Bonchev–Trinajstić information content (AvgIpc) is 2.93. The van der Waals surface area contributed by atoms with Crippen molar-refractivity contribution in [2.45, 2.75) is 6.92 Å². The smallest absolute Gasteiger partial charge is 0.255 e. The molecule has 1 N–H and O–H groups in total. The van der Waals surface area contributed by atoms with E-state index in [0.717, 1.165) is 14.7 Å². The molecular formula is C15H10BrClN2OS. The Kier molecular flexibility index (Phi) is 3.97. The van der Waals surface area contributed by atoms with Crippen molar-refractivity contribution in [2.75, 3.05) is 5.32 Å². The zero-order chi connectivity index (χ0) is 15.0. The van der Waals surface area contributed by atoms with Gasteiger partial charge in [-0.25, -0.2) is 4.98 Å². The number of aryl methyl sites for hydroxylation is 1. The van der Waals surface area contributed by atoms with Gasteiger partial charge in [0.25, 0.3) is 5.91 Å². The van der Waals surface area contributed by atoms with E-state index >= 15 is 0 Å². The third-order valence-electron chi connectivity index (χ3n) is 3.12. The van der Waals surface area contributed by atoms with Crippen molar-refractivity contribution in [1.82, 2.24) is 4.98 Å². The van der Waals surface area contributed by atoms with E-state index in [-0.39, 0.29) is 5.91 Å². The lowest BCUT2D eigenvalue weighted by Crippen LogP contribution is -2.12. The molecule has 1 aromatic heterocycles. The van der Waals surface area contributed by atoms with Gasteiger partial charge in [0.2, 0.25) is 0 Å². The third kappa shape index (κ3) is 2.81. The van der Waals surface area contributed by atoms with Crippen molar-refractivity contribution in [3.05, 3.63) is 56.5 Å². The maximum Gasteiger partial charge on any atom is 0.255 e. The molecule has 0 radical (unpaired) electrons. The fourth-order valence-electron chi connectivity index (χ4n) is 1.95. The average molecular weight is 382 g/mol. The van der Waals surface area contributed by atoms with Crippen LogP contribution in [0.2, 0.25) is 5.02 Å². The van der Waals surface area contributed by atoms with E-state index in [2.05, 4.69) is 26.2 Å². The number of hydrogen-bond donors (Lipinski definition) is 1. The second-order valence-corrected chi connectivity index (χ2v) is 6.69. The minimum absolute atomic E-state index is 0.210. The number of thiazole rings is 1. The molecule has 0 spiro atoms. The number of hydrogen-bond acceptors (Lipinski definition) is 3.